The minimum Gasteiger partial charge on any atom is -0.375 e. The highest BCUT2D eigenvalue weighted by Crippen LogP contribution is 1.73. The molecular weight excluding hydrogens is 190 g/mol. The van der Waals surface area contributed by atoms with Gasteiger partial charge in [0, 0.05) is 0 Å². The lowest BCUT2D eigenvalue weighted by Gasteiger charge is -1.94. The van der Waals surface area contributed by atoms with Crippen LogP contribution in [-0.4, -0.2) is 23.0 Å². The Hall–Kier alpha value is -1.70. The number of hydrogen-bond donors (Lipinski definition) is 4. The molecule has 0 saturated heterocycles. The van der Waals surface area contributed by atoms with E-state index in [1.54, 1.807) is 6.92 Å². The number of rotatable bonds is 3. The largest absolute Gasteiger partial charge is 0.375 e. The average molecular weight is 201 g/mol. The second kappa shape index (κ2) is 5.89. The molecule has 0 aromatic heterocycles. The minimum atomic E-state index is -0.119. The first kappa shape index (κ1) is 11.3. The molecule has 0 radical (unpaired) electrons. The van der Waals surface area contributed by atoms with Crippen LogP contribution >= 0.6 is 12.2 Å². The predicted octanol–water partition coefficient (Wildman–Crippen LogP) is -1.55. The Bertz CT molecular complexity index is 262. The highest BCUT2D eigenvalue weighted by Gasteiger charge is 1.85. The van der Waals surface area contributed by atoms with Gasteiger partial charge in [0.15, 0.2) is 5.11 Å². The van der Waals surface area contributed by atoms with Gasteiger partial charge in [-0.3, -0.25) is 5.43 Å². The van der Waals surface area contributed by atoms with Crippen LogP contribution in [0.4, 0.5) is 0 Å². The maximum atomic E-state index is 5.12. The smallest absolute Gasteiger partial charge is 0.211 e. The molecule has 0 atom stereocenters. The van der Waals surface area contributed by atoms with E-state index in [-0.39, 0.29) is 11.1 Å². The molecule has 0 aliphatic rings. The number of hydrazone groups is 1. The van der Waals surface area contributed by atoms with E-state index in [9.17, 15) is 0 Å². The Labute approximate surface area is 80.8 Å². The van der Waals surface area contributed by atoms with Crippen molar-refractivity contribution in [3.8, 4) is 0 Å². The summed E-state index contributed by atoms with van der Waals surface area (Å²) in [6.45, 7) is 1.68. The van der Waals surface area contributed by atoms with Crippen molar-refractivity contribution in [1.29, 1.82) is 0 Å². The van der Waals surface area contributed by atoms with Crippen LogP contribution < -0.4 is 22.6 Å². The van der Waals surface area contributed by atoms with Crippen molar-refractivity contribution >= 4 is 35.2 Å². The van der Waals surface area contributed by atoms with Gasteiger partial charge in [-0.1, -0.05) is 0 Å². The zero-order valence-electron chi connectivity index (χ0n) is 7.06. The SMILES string of the molecule is CC(/C=N\N=C(N)N)=N/NC(N)=S. The van der Waals surface area contributed by atoms with E-state index >= 15 is 0 Å². The van der Waals surface area contributed by atoms with Gasteiger partial charge in [-0.05, 0) is 19.1 Å². The van der Waals surface area contributed by atoms with Crippen LogP contribution in [0, 0.1) is 0 Å². The third-order valence-corrected chi connectivity index (χ3v) is 0.852. The molecule has 0 aliphatic heterocycles. The summed E-state index contributed by atoms with van der Waals surface area (Å²) in [7, 11) is 0. The van der Waals surface area contributed by atoms with Crippen molar-refractivity contribution in [2.45, 2.75) is 6.92 Å². The summed E-state index contributed by atoms with van der Waals surface area (Å²) in [6.07, 6.45) is 1.35. The number of nitrogens with two attached hydrogens (primary N) is 3. The fourth-order valence-electron chi connectivity index (χ4n) is 0.351. The Morgan fingerprint density at radius 2 is 2.00 bits per heavy atom. The molecule has 0 amide bonds. The Morgan fingerprint density at radius 3 is 2.46 bits per heavy atom. The fraction of sp³-hybridized carbons (Fsp3) is 0.200. The van der Waals surface area contributed by atoms with E-state index in [2.05, 4.69) is 32.9 Å². The number of nitrogens with one attached hydrogen (secondary N) is 1. The van der Waals surface area contributed by atoms with E-state index in [1.165, 1.54) is 6.21 Å². The lowest BCUT2D eigenvalue weighted by molar-refractivity contribution is 1.03. The monoisotopic (exact) mass is 201 g/mol. The summed E-state index contributed by atoms with van der Waals surface area (Å²) in [5, 5.41) is 10.7. The van der Waals surface area contributed by atoms with E-state index in [0.29, 0.717) is 5.71 Å². The normalized spacial score (nSPS) is 11.3. The zero-order chi connectivity index (χ0) is 10.3. The summed E-state index contributed by atoms with van der Waals surface area (Å²) >= 11 is 4.52. The quantitative estimate of drug-likeness (QED) is 0.190. The molecule has 0 bridgehead atoms. The predicted molar refractivity (Wildman–Crippen MR) is 57.3 cm³/mol. The first-order chi connectivity index (χ1) is 6.02. The number of guanidine groups is 1. The topological polar surface area (TPSA) is 127 Å². The van der Waals surface area contributed by atoms with Crippen LogP contribution in [0.1, 0.15) is 6.92 Å². The third-order valence-electron chi connectivity index (χ3n) is 0.760. The Morgan fingerprint density at radius 1 is 1.38 bits per heavy atom. The first-order valence-corrected chi connectivity index (χ1v) is 3.65. The highest BCUT2D eigenvalue weighted by molar-refractivity contribution is 7.80. The van der Waals surface area contributed by atoms with Crippen molar-refractivity contribution in [1.82, 2.24) is 5.43 Å². The second-order valence-electron chi connectivity index (χ2n) is 2.00. The number of hydrogen-bond acceptors (Lipinski definition) is 4. The van der Waals surface area contributed by atoms with Gasteiger partial charge < -0.3 is 17.2 Å². The molecule has 0 aromatic rings. The van der Waals surface area contributed by atoms with Crippen molar-refractivity contribution < 1.29 is 0 Å². The molecule has 0 saturated carbocycles. The van der Waals surface area contributed by atoms with Gasteiger partial charge in [0.1, 0.15) is 0 Å². The highest BCUT2D eigenvalue weighted by atomic mass is 32.1. The summed E-state index contributed by atoms with van der Waals surface area (Å²) in [4.78, 5) is 0. The van der Waals surface area contributed by atoms with Crippen molar-refractivity contribution in [3.63, 3.8) is 0 Å². The lowest BCUT2D eigenvalue weighted by Crippen LogP contribution is -2.25. The molecule has 0 aliphatic carbocycles. The molecular formula is C5H11N7S. The van der Waals surface area contributed by atoms with Gasteiger partial charge in [0.2, 0.25) is 5.96 Å². The van der Waals surface area contributed by atoms with E-state index in [4.69, 9.17) is 17.2 Å². The molecule has 8 heteroatoms. The molecule has 0 spiro atoms. The van der Waals surface area contributed by atoms with Crippen LogP contribution in [0.5, 0.6) is 0 Å². The first-order valence-electron chi connectivity index (χ1n) is 3.24. The van der Waals surface area contributed by atoms with E-state index < -0.39 is 0 Å². The van der Waals surface area contributed by atoms with Crippen LogP contribution in [-0.2, 0) is 0 Å². The molecule has 72 valence electrons. The van der Waals surface area contributed by atoms with Gasteiger partial charge in [-0.2, -0.15) is 10.2 Å². The minimum absolute atomic E-state index is 0.0783. The van der Waals surface area contributed by atoms with Crippen LogP contribution in [0.25, 0.3) is 0 Å². The summed E-state index contributed by atoms with van der Waals surface area (Å²) < 4.78 is 0. The van der Waals surface area contributed by atoms with Crippen LogP contribution in [0.2, 0.25) is 0 Å². The molecule has 0 heterocycles. The van der Waals surface area contributed by atoms with Gasteiger partial charge in [-0.25, -0.2) is 0 Å². The fourth-order valence-corrected chi connectivity index (χ4v) is 0.397. The van der Waals surface area contributed by atoms with Gasteiger partial charge in [-0.15, -0.1) is 5.10 Å². The summed E-state index contributed by atoms with van der Waals surface area (Å²) in [5.41, 5.74) is 18.1. The van der Waals surface area contributed by atoms with Crippen molar-refractivity contribution in [2.75, 3.05) is 0 Å². The molecule has 0 aromatic carbocycles. The second-order valence-corrected chi connectivity index (χ2v) is 2.44. The standard InChI is InChI=1S/C5H11N7S/c1-3(10-12-5(8)13)2-9-11-4(6)7/h2H,1H3,(H4,6,7,11)(H3,8,12,13)/b9-2-,10-3-. The lowest BCUT2D eigenvalue weighted by atomic mass is 10.5. The molecule has 13 heavy (non-hydrogen) atoms. The average Bonchev–Trinajstić information content (AvgIpc) is 2.00. The van der Waals surface area contributed by atoms with Gasteiger partial charge >= 0.3 is 0 Å². The molecule has 7 N–H and O–H groups in total. The summed E-state index contributed by atoms with van der Waals surface area (Å²) in [6, 6.07) is 0. The van der Waals surface area contributed by atoms with Crippen molar-refractivity contribution in [2.24, 2.45) is 32.5 Å². The maximum absolute atomic E-state index is 5.12. The Balaban J connectivity index is 4.06. The summed E-state index contributed by atoms with van der Waals surface area (Å²) in [5.74, 6) is -0.119. The van der Waals surface area contributed by atoms with E-state index in [1.807, 2.05) is 0 Å². The van der Waals surface area contributed by atoms with E-state index in [0.717, 1.165) is 0 Å². The van der Waals surface area contributed by atoms with Gasteiger partial charge in [0.25, 0.3) is 0 Å². The maximum Gasteiger partial charge on any atom is 0.211 e. The van der Waals surface area contributed by atoms with Crippen LogP contribution in [0.3, 0.4) is 0 Å². The molecule has 0 rings (SSSR count). The Kier molecular flexibility index (Phi) is 5.12. The molecule has 0 fully saturated rings. The van der Waals surface area contributed by atoms with Crippen LogP contribution in [0.15, 0.2) is 15.3 Å². The molecule has 0 unspecified atom stereocenters. The van der Waals surface area contributed by atoms with Crippen molar-refractivity contribution in [3.05, 3.63) is 0 Å². The third kappa shape index (κ3) is 8.20. The zero-order valence-corrected chi connectivity index (χ0v) is 7.88. The number of nitrogens with zero attached hydrogens (tertiary/aromatic N) is 3. The van der Waals surface area contributed by atoms with Gasteiger partial charge in [0.05, 0.1) is 11.9 Å². The number of thiocarbonyl (C=S) groups is 1. The molecule has 7 nitrogen and oxygen atoms in total.